The topological polar surface area (TPSA) is 52.9 Å². The molecular formula is C15H26N2O. The zero-order valence-electron chi connectivity index (χ0n) is 11.6. The fourth-order valence-corrected chi connectivity index (χ4v) is 2.68. The lowest BCUT2D eigenvalue weighted by atomic mass is 9.84. The Balaban J connectivity index is 2.24. The number of carbonyl (C=O) groups excluding carboxylic acids is 1. The summed E-state index contributed by atoms with van der Waals surface area (Å²) in [5, 5.41) is 12.1. The Bertz CT molecular complexity index is 277. The molecule has 102 valence electrons. The first-order valence-electron chi connectivity index (χ1n) is 7.47. The smallest absolute Gasteiger partial charge is 0.221 e. The van der Waals surface area contributed by atoms with Gasteiger partial charge in [-0.2, -0.15) is 5.26 Å². The molecule has 0 aromatic rings. The minimum atomic E-state index is -0.260. The van der Waals surface area contributed by atoms with E-state index in [9.17, 15) is 10.1 Å². The quantitative estimate of drug-likeness (QED) is 0.702. The molecule has 0 saturated heterocycles. The van der Waals surface area contributed by atoms with Gasteiger partial charge in [-0.1, -0.05) is 45.4 Å². The van der Waals surface area contributed by atoms with Gasteiger partial charge in [0.25, 0.3) is 0 Å². The molecule has 3 nitrogen and oxygen atoms in total. The largest absolute Gasteiger partial charge is 0.340 e. The summed E-state index contributed by atoms with van der Waals surface area (Å²) in [6.45, 7) is 2.16. The number of amides is 1. The van der Waals surface area contributed by atoms with Crippen LogP contribution in [0, 0.1) is 17.2 Å². The number of nitriles is 1. The van der Waals surface area contributed by atoms with E-state index >= 15 is 0 Å². The molecule has 1 N–H and O–H groups in total. The second kappa shape index (κ2) is 8.97. The highest BCUT2D eigenvalue weighted by Gasteiger charge is 2.24. The number of rotatable bonds is 7. The highest BCUT2D eigenvalue weighted by atomic mass is 16.1. The summed E-state index contributed by atoms with van der Waals surface area (Å²) >= 11 is 0. The van der Waals surface area contributed by atoms with Gasteiger partial charge >= 0.3 is 0 Å². The Morgan fingerprint density at radius 2 is 2.00 bits per heavy atom. The molecule has 1 atom stereocenters. The van der Waals surface area contributed by atoms with Gasteiger partial charge in [-0.3, -0.25) is 4.79 Å². The summed E-state index contributed by atoms with van der Waals surface area (Å²) < 4.78 is 0. The molecule has 0 spiro atoms. The van der Waals surface area contributed by atoms with Crippen molar-refractivity contribution in [1.82, 2.24) is 5.32 Å². The molecule has 0 aliphatic heterocycles. The summed E-state index contributed by atoms with van der Waals surface area (Å²) in [7, 11) is 0. The van der Waals surface area contributed by atoms with Crippen LogP contribution in [0.25, 0.3) is 0 Å². The average Bonchev–Trinajstić information content (AvgIpc) is 2.42. The number of hydrogen-bond acceptors (Lipinski definition) is 2. The van der Waals surface area contributed by atoms with E-state index in [2.05, 4.69) is 18.3 Å². The van der Waals surface area contributed by atoms with Crippen LogP contribution in [0.15, 0.2) is 0 Å². The van der Waals surface area contributed by atoms with Crippen LogP contribution >= 0.6 is 0 Å². The van der Waals surface area contributed by atoms with Crippen LogP contribution in [-0.2, 0) is 4.79 Å². The van der Waals surface area contributed by atoms with Crippen molar-refractivity contribution in [3.63, 3.8) is 0 Å². The Morgan fingerprint density at radius 1 is 1.28 bits per heavy atom. The molecule has 0 heterocycles. The van der Waals surface area contributed by atoms with Gasteiger partial charge in [0.2, 0.25) is 5.91 Å². The summed E-state index contributed by atoms with van der Waals surface area (Å²) in [4.78, 5) is 11.8. The number of hydrogen-bond donors (Lipinski definition) is 1. The monoisotopic (exact) mass is 250 g/mol. The third-order valence-electron chi connectivity index (χ3n) is 3.83. The molecule has 1 saturated carbocycles. The van der Waals surface area contributed by atoms with Crippen molar-refractivity contribution in [3.8, 4) is 6.07 Å². The van der Waals surface area contributed by atoms with Crippen LogP contribution in [-0.4, -0.2) is 11.9 Å². The van der Waals surface area contributed by atoms with Crippen LogP contribution < -0.4 is 5.32 Å². The number of carbonyl (C=O) groups is 1. The first-order chi connectivity index (χ1) is 8.77. The molecule has 1 aliphatic carbocycles. The lowest BCUT2D eigenvalue weighted by Gasteiger charge is -2.26. The summed E-state index contributed by atoms with van der Waals surface area (Å²) in [6.07, 6.45) is 10.9. The molecular weight excluding hydrogens is 224 g/mol. The molecule has 0 aromatic heterocycles. The molecule has 1 unspecified atom stereocenters. The first-order valence-corrected chi connectivity index (χ1v) is 7.47. The normalized spacial score (nSPS) is 18.0. The Hall–Kier alpha value is -1.04. The molecule has 0 radical (unpaired) electrons. The van der Waals surface area contributed by atoms with Crippen LogP contribution in [0.1, 0.15) is 71.1 Å². The van der Waals surface area contributed by atoms with Gasteiger partial charge in [-0.05, 0) is 25.2 Å². The van der Waals surface area contributed by atoms with Crippen molar-refractivity contribution in [1.29, 1.82) is 5.26 Å². The molecule has 1 aliphatic rings. The minimum absolute atomic E-state index is 0.0585. The van der Waals surface area contributed by atoms with Crippen molar-refractivity contribution < 1.29 is 4.79 Å². The lowest BCUT2D eigenvalue weighted by Crippen LogP contribution is -2.39. The van der Waals surface area contributed by atoms with E-state index in [4.69, 9.17) is 0 Å². The van der Waals surface area contributed by atoms with E-state index in [1.165, 1.54) is 32.1 Å². The predicted octanol–water partition coefficient (Wildman–Crippen LogP) is 3.55. The van der Waals surface area contributed by atoms with E-state index in [-0.39, 0.29) is 11.9 Å². The fraction of sp³-hybridized carbons (Fsp3) is 0.867. The van der Waals surface area contributed by atoms with Crippen LogP contribution in [0.5, 0.6) is 0 Å². The van der Waals surface area contributed by atoms with Crippen molar-refractivity contribution in [3.05, 3.63) is 0 Å². The third kappa shape index (κ3) is 5.53. The summed E-state index contributed by atoms with van der Waals surface area (Å²) in [6, 6.07) is 2.01. The van der Waals surface area contributed by atoms with Crippen LogP contribution in [0.3, 0.4) is 0 Å². The number of nitrogens with zero attached hydrogens (tertiary/aromatic N) is 1. The van der Waals surface area contributed by atoms with Gasteiger partial charge in [0, 0.05) is 6.42 Å². The maximum absolute atomic E-state index is 11.8. The second-order valence-electron chi connectivity index (χ2n) is 5.38. The number of unbranched alkanes of at least 4 members (excludes halogenated alkanes) is 3. The van der Waals surface area contributed by atoms with Gasteiger partial charge < -0.3 is 5.32 Å². The Kier molecular flexibility index (Phi) is 7.48. The molecule has 1 rings (SSSR count). The number of nitrogens with one attached hydrogen (secondary N) is 1. The zero-order valence-corrected chi connectivity index (χ0v) is 11.6. The molecule has 0 aromatic carbocycles. The highest BCUT2D eigenvalue weighted by Crippen LogP contribution is 2.26. The molecule has 0 bridgehead atoms. The van der Waals surface area contributed by atoms with E-state index in [0.717, 1.165) is 25.7 Å². The van der Waals surface area contributed by atoms with Crippen molar-refractivity contribution in [2.24, 2.45) is 5.92 Å². The standard InChI is InChI=1S/C15H26N2O/c1-2-3-4-8-11-15(18)17-14(12-16)13-9-6-5-7-10-13/h13-14H,2-11H2,1H3,(H,17,18). The van der Waals surface area contributed by atoms with Crippen molar-refractivity contribution in [2.75, 3.05) is 0 Å². The SMILES string of the molecule is CCCCCCC(=O)NC(C#N)C1CCCCC1. The van der Waals surface area contributed by atoms with E-state index in [1.54, 1.807) is 0 Å². The van der Waals surface area contributed by atoms with Gasteiger partial charge in [0.05, 0.1) is 6.07 Å². The zero-order chi connectivity index (χ0) is 13.2. The van der Waals surface area contributed by atoms with Crippen molar-refractivity contribution >= 4 is 5.91 Å². The van der Waals surface area contributed by atoms with Crippen LogP contribution in [0.4, 0.5) is 0 Å². The Morgan fingerprint density at radius 3 is 2.61 bits per heavy atom. The van der Waals surface area contributed by atoms with E-state index in [1.807, 2.05) is 0 Å². The van der Waals surface area contributed by atoms with Crippen LogP contribution in [0.2, 0.25) is 0 Å². The maximum atomic E-state index is 11.8. The van der Waals surface area contributed by atoms with Gasteiger partial charge in [0.15, 0.2) is 0 Å². The fourth-order valence-electron chi connectivity index (χ4n) is 2.68. The van der Waals surface area contributed by atoms with Gasteiger partial charge in [-0.15, -0.1) is 0 Å². The molecule has 3 heteroatoms. The maximum Gasteiger partial charge on any atom is 0.221 e. The first kappa shape index (κ1) is 15.0. The summed E-state index contributed by atoms with van der Waals surface area (Å²) in [5.74, 6) is 0.437. The van der Waals surface area contributed by atoms with Crippen molar-refractivity contribution in [2.45, 2.75) is 77.2 Å². The third-order valence-corrected chi connectivity index (χ3v) is 3.83. The molecule has 18 heavy (non-hydrogen) atoms. The Labute approximate surface area is 111 Å². The lowest BCUT2D eigenvalue weighted by molar-refractivity contribution is -0.121. The minimum Gasteiger partial charge on any atom is -0.340 e. The van der Waals surface area contributed by atoms with Gasteiger partial charge in [0.1, 0.15) is 6.04 Å². The summed E-state index contributed by atoms with van der Waals surface area (Å²) in [5.41, 5.74) is 0. The van der Waals surface area contributed by atoms with E-state index < -0.39 is 0 Å². The predicted molar refractivity (Wildman–Crippen MR) is 72.9 cm³/mol. The molecule has 1 amide bonds. The average molecular weight is 250 g/mol. The molecule has 1 fully saturated rings. The van der Waals surface area contributed by atoms with Gasteiger partial charge in [-0.25, -0.2) is 0 Å². The highest BCUT2D eigenvalue weighted by molar-refractivity contribution is 5.76. The second-order valence-corrected chi connectivity index (χ2v) is 5.38. The van der Waals surface area contributed by atoms with E-state index in [0.29, 0.717) is 12.3 Å².